The third kappa shape index (κ3) is 3.51. The highest BCUT2D eigenvalue weighted by Gasteiger charge is 2.27. The van der Waals surface area contributed by atoms with Crippen LogP contribution in [0.5, 0.6) is 0 Å². The van der Waals surface area contributed by atoms with E-state index < -0.39 is 0 Å². The molecule has 2 heterocycles. The van der Waals surface area contributed by atoms with Crippen molar-refractivity contribution in [1.29, 1.82) is 0 Å². The largest absolute Gasteiger partial charge is 0.322 e. The summed E-state index contributed by atoms with van der Waals surface area (Å²) in [7, 11) is 0. The molecular weight excluding hydrogens is 296 g/mol. The summed E-state index contributed by atoms with van der Waals surface area (Å²) in [5, 5.41) is 5.37. The fourth-order valence-electron chi connectivity index (χ4n) is 3.86. The zero-order chi connectivity index (χ0) is 15.6. The fourth-order valence-corrected chi connectivity index (χ4v) is 3.86. The first-order chi connectivity index (χ1) is 11.3. The Morgan fingerprint density at radius 2 is 1.96 bits per heavy atom. The van der Waals surface area contributed by atoms with Crippen LogP contribution in [0.15, 0.2) is 54.1 Å². The summed E-state index contributed by atoms with van der Waals surface area (Å²) in [5.41, 5.74) is 2.20. The number of rotatable bonds is 2. The lowest BCUT2D eigenvalue weighted by atomic mass is 9.84. The van der Waals surface area contributed by atoms with Gasteiger partial charge >= 0.3 is 0 Å². The molecule has 2 saturated heterocycles. The Bertz CT molecular complexity index is 765. The van der Waals surface area contributed by atoms with E-state index in [9.17, 15) is 4.79 Å². The maximum Gasteiger partial charge on any atom is 0.248 e. The molecular formula is C21H26N2O. The van der Waals surface area contributed by atoms with E-state index >= 15 is 0 Å². The molecule has 0 radical (unpaired) electrons. The number of nitrogens with zero attached hydrogens (tertiary/aromatic N) is 1. The number of fused-ring (bicyclic) bond motifs is 3. The van der Waals surface area contributed by atoms with Crippen molar-refractivity contribution < 1.29 is 4.79 Å². The van der Waals surface area contributed by atoms with Crippen LogP contribution in [0.4, 0.5) is 5.69 Å². The summed E-state index contributed by atoms with van der Waals surface area (Å²) >= 11 is 0. The van der Waals surface area contributed by atoms with Gasteiger partial charge in [-0.05, 0) is 54.6 Å². The molecule has 24 heavy (non-hydrogen) atoms. The quantitative estimate of drug-likeness (QED) is 0.828. The van der Waals surface area contributed by atoms with E-state index in [4.69, 9.17) is 0 Å². The van der Waals surface area contributed by atoms with E-state index in [1.54, 1.807) is 0 Å². The highest BCUT2D eigenvalue weighted by molar-refractivity contribution is 6.01. The van der Waals surface area contributed by atoms with Gasteiger partial charge in [0.2, 0.25) is 5.91 Å². The van der Waals surface area contributed by atoms with Crippen molar-refractivity contribution in [2.75, 3.05) is 25.0 Å². The highest BCUT2D eigenvalue weighted by Crippen LogP contribution is 2.30. The Morgan fingerprint density at radius 3 is 2.83 bits per heavy atom. The van der Waals surface area contributed by atoms with Crippen LogP contribution in [0, 0.1) is 5.92 Å². The number of benzene rings is 2. The first kappa shape index (κ1) is 16.7. The van der Waals surface area contributed by atoms with Crippen molar-refractivity contribution in [3.05, 3.63) is 54.1 Å². The second kappa shape index (κ2) is 7.18. The normalized spacial score (nSPS) is 24.4. The molecule has 2 unspecified atom stereocenters. The van der Waals surface area contributed by atoms with Gasteiger partial charge in [0.25, 0.3) is 0 Å². The third-order valence-corrected chi connectivity index (χ3v) is 5.08. The van der Waals surface area contributed by atoms with Crippen LogP contribution >= 0.6 is 0 Å². The molecule has 2 aromatic rings. The second-order valence-electron chi connectivity index (χ2n) is 6.66. The Kier molecular flexibility index (Phi) is 5.00. The standard InChI is InChI=1S/C20H22N2O.CH4/c23-20(13-17-9-11-22-10-3-6-18(17)14-22)21-19-8-7-15-4-1-2-5-16(15)12-19;/h1-2,4-5,7-8,12-13,18H,3,6,9-11,14H2,(H,21,23);1H4. The molecule has 1 amide bonds. The number of piperidine rings is 2. The van der Waals surface area contributed by atoms with E-state index in [-0.39, 0.29) is 13.3 Å². The van der Waals surface area contributed by atoms with Gasteiger partial charge in [-0.15, -0.1) is 0 Å². The van der Waals surface area contributed by atoms with Gasteiger partial charge in [-0.2, -0.15) is 0 Å². The number of carbonyl (C=O) groups excluding carboxylic acids is 1. The molecule has 2 bridgehead atoms. The van der Waals surface area contributed by atoms with Crippen LogP contribution < -0.4 is 5.32 Å². The number of hydrogen-bond acceptors (Lipinski definition) is 2. The van der Waals surface area contributed by atoms with Gasteiger partial charge < -0.3 is 10.2 Å². The van der Waals surface area contributed by atoms with Crippen LogP contribution in [-0.4, -0.2) is 30.4 Å². The number of nitrogens with one attached hydrogen (secondary N) is 1. The summed E-state index contributed by atoms with van der Waals surface area (Å²) in [6, 6.07) is 14.3. The van der Waals surface area contributed by atoms with Crippen LogP contribution in [0.25, 0.3) is 10.8 Å². The molecule has 126 valence electrons. The van der Waals surface area contributed by atoms with Gasteiger partial charge in [0, 0.05) is 24.9 Å². The average molecular weight is 322 g/mol. The molecule has 1 N–H and O–H groups in total. The molecule has 2 aliphatic rings. The number of anilines is 1. The van der Waals surface area contributed by atoms with Crippen molar-refractivity contribution in [2.45, 2.75) is 26.7 Å². The summed E-state index contributed by atoms with van der Waals surface area (Å²) in [4.78, 5) is 14.9. The molecule has 3 heteroatoms. The van der Waals surface area contributed by atoms with E-state index in [2.05, 4.69) is 28.4 Å². The predicted octanol–water partition coefficient (Wildman–Crippen LogP) is 4.46. The average Bonchev–Trinajstić information content (AvgIpc) is 2.58. The Morgan fingerprint density at radius 1 is 1.12 bits per heavy atom. The predicted molar refractivity (Wildman–Crippen MR) is 101 cm³/mol. The number of amides is 1. The minimum atomic E-state index is 0. The van der Waals surface area contributed by atoms with E-state index in [1.165, 1.54) is 30.3 Å². The maximum absolute atomic E-state index is 12.4. The van der Waals surface area contributed by atoms with Crippen LogP contribution in [-0.2, 0) is 4.79 Å². The summed E-state index contributed by atoms with van der Waals surface area (Å²) < 4.78 is 0. The van der Waals surface area contributed by atoms with Gasteiger partial charge in [-0.3, -0.25) is 4.79 Å². The second-order valence-corrected chi connectivity index (χ2v) is 6.66. The fraction of sp³-hybridized carbons (Fsp3) is 0.381. The summed E-state index contributed by atoms with van der Waals surface area (Å²) in [6.07, 6.45) is 5.37. The first-order valence-corrected chi connectivity index (χ1v) is 8.50. The van der Waals surface area contributed by atoms with Gasteiger partial charge in [-0.25, -0.2) is 0 Å². The van der Waals surface area contributed by atoms with Crippen molar-refractivity contribution in [3.8, 4) is 0 Å². The lowest BCUT2D eigenvalue weighted by molar-refractivity contribution is -0.112. The van der Waals surface area contributed by atoms with Gasteiger partial charge in [-0.1, -0.05) is 43.3 Å². The third-order valence-electron chi connectivity index (χ3n) is 5.08. The SMILES string of the molecule is C.O=C(C=C1CCN2CCCC1C2)Nc1ccc2ccccc2c1. The molecule has 0 saturated carbocycles. The Labute approximate surface area is 144 Å². The van der Waals surface area contributed by atoms with Crippen LogP contribution in [0.3, 0.4) is 0 Å². The smallest absolute Gasteiger partial charge is 0.248 e. The molecule has 0 spiro atoms. The highest BCUT2D eigenvalue weighted by atomic mass is 16.1. The Balaban J connectivity index is 0.00000169. The van der Waals surface area contributed by atoms with Gasteiger partial charge in [0.15, 0.2) is 0 Å². The topological polar surface area (TPSA) is 32.3 Å². The summed E-state index contributed by atoms with van der Waals surface area (Å²) in [5.74, 6) is 0.592. The monoisotopic (exact) mass is 322 g/mol. The lowest BCUT2D eigenvalue weighted by Gasteiger charge is -2.39. The van der Waals surface area contributed by atoms with E-state index in [0.29, 0.717) is 5.92 Å². The van der Waals surface area contributed by atoms with Crippen LogP contribution in [0.2, 0.25) is 0 Å². The zero-order valence-corrected chi connectivity index (χ0v) is 13.3. The number of carbonyl (C=O) groups is 1. The lowest BCUT2D eigenvalue weighted by Crippen LogP contribution is -2.41. The molecule has 0 aliphatic carbocycles. The molecule has 4 rings (SSSR count). The Hall–Kier alpha value is -2.13. The molecule has 2 atom stereocenters. The molecule has 3 nitrogen and oxygen atoms in total. The van der Waals surface area contributed by atoms with Gasteiger partial charge in [0.05, 0.1) is 0 Å². The number of hydrogen-bond donors (Lipinski definition) is 1. The van der Waals surface area contributed by atoms with Crippen molar-refractivity contribution in [1.82, 2.24) is 4.90 Å². The van der Waals surface area contributed by atoms with Crippen molar-refractivity contribution in [2.24, 2.45) is 5.92 Å². The van der Waals surface area contributed by atoms with Gasteiger partial charge in [0.1, 0.15) is 0 Å². The minimum absolute atomic E-state index is 0. The first-order valence-electron chi connectivity index (χ1n) is 8.50. The molecule has 2 fully saturated rings. The van der Waals surface area contributed by atoms with Crippen molar-refractivity contribution >= 4 is 22.4 Å². The van der Waals surface area contributed by atoms with Crippen molar-refractivity contribution in [3.63, 3.8) is 0 Å². The van der Waals surface area contributed by atoms with E-state index in [0.717, 1.165) is 30.6 Å². The molecule has 2 aliphatic heterocycles. The molecule has 0 aromatic heterocycles. The van der Waals surface area contributed by atoms with E-state index in [1.807, 2.05) is 30.3 Å². The summed E-state index contributed by atoms with van der Waals surface area (Å²) in [6.45, 7) is 3.47. The molecule has 2 aromatic carbocycles. The zero-order valence-electron chi connectivity index (χ0n) is 13.3. The van der Waals surface area contributed by atoms with Crippen LogP contribution in [0.1, 0.15) is 26.7 Å². The minimum Gasteiger partial charge on any atom is -0.322 e. The maximum atomic E-state index is 12.4.